The monoisotopic (exact) mass is 336 g/mol. The fourth-order valence-electron chi connectivity index (χ4n) is 3.28. The van der Waals surface area contributed by atoms with Gasteiger partial charge in [-0.2, -0.15) is 0 Å². The van der Waals surface area contributed by atoms with Gasteiger partial charge in [0.15, 0.2) is 0 Å². The minimum atomic E-state index is 0.0678. The molecule has 0 saturated heterocycles. The second-order valence-corrected chi connectivity index (χ2v) is 6.60. The van der Waals surface area contributed by atoms with Crippen LogP contribution in [0.25, 0.3) is 11.1 Å². The highest BCUT2D eigenvalue weighted by Crippen LogP contribution is 2.39. The molecule has 2 heteroatoms. The lowest BCUT2D eigenvalue weighted by Crippen LogP contribution is -2.01. The second kappa shape index (κ2) is 8.06. The molecule has 0 aliphatic carbocycles. The molecule has 0 aliphatic rings. The van der Waals surface area contributed by atoms with Crippen molar-refractivity contribution in [2.45, 2.75) is 45.4 Å². The summed E-state index contributed by atoms with van der Waals surface area (Å²) in [4.78, 5) is 0. The third-order valence-corrected chi connectivity index (χ3v) is 4.83. The van der Waals surface area contributed by atoms with Gasteiger partial charge in [-0.05, 0) is 41.3 Å². The summed E-state index contributed by atoms with van der Waals surface area (Å²) < 4.78 is 0. The smallest absolute Gasteiger partial charge is 0.119 e. The van der Waals surface area contributed by atoms with Crippen LogP contribution in [0, 0.1) is 0 Å². The number of hydrogen-bond acceptors (Lipinski definition) is 2. The Morgan fingerprint density at radius 1 is 0.960 bits per heavy atom. The molecule has 0 aromatic heterocycles. The van der Waals surface area contributed by atoms with Gasteiger partial charge in [-0.3, -0.25) is 0 Å². The summed E-state index contributed by atoms with van der Waals surface area (Å²) >= 11 is 0. The molecule has 0 aliphatic heterocycles. The topological polar surface area (TPSA) is 40.5 Å². The van der Waals surface area contributed by atoms with Gasteiger partial charge in [0.05, 0.1) is 0 Å². The SMILES string of the molecule is C=CC(C)c1cc(-c2ccc(O)c(C(C)C=C)c2CCC)ccc1O. The molecule has 2 aromatic rings. The van der Waals surface area contributed by atoms with Crippen LogP contribution in [0.4, 0.5) is 0 Å². The molecule has 2 rings (SSSR count). The first-order chi connectivity index (χ1) is 11.9. The van der Waals surface area contributed by atoms with Crippen LogP contribution in [0.2, 0.25) is 0 Å². The molecule has 2 N–H and O–H groups in total. The van der Waals surface area contributed by atoms with Gasteiger partial charge in [-0.25, -0.2) is 0 Å². The molecule has 0 spiro atoms. The largest absolute Gasteiger partial charge is 0.508 e. The summed E-state index contributed by atoms with van der Waals surface area (Å²) in [7, 11) is 0. The lowest BCUT2D eigenvalue weighted by atomic mass is 9.85. The Morgan fingerprint density at radius 3 is 2.20 bits per heavy atom. The molecule has 2 unspecified atom stereocenters. The van der Waals surface area contributed by atoms with E-state index in [-0.39, 0.29) is 17.6 Å². The van der Waals surface area contributed by atoms with Gasteiger partial charge in [0.1, 0.15) is 11.5 Å². The minimum absolute atomic E-state index is 0.0678. The Balaban J connectivity index is 2.70. The molecule has 2 aromatic carbocycles. The first kappa shape index (κ1) is 18.9. The number of allylic oxidation sites excluding steroid dienone is 2. The van der Waals surface area contributed by atoms with E-state index in [4.69, 9.17) is 0 Å². The maximum atomic E-state index is 10.4. The Hall–Kier alpha value is -2.48. The van der Waals surface area contributed by atoms with Crippen LogP contribution >= 0.6 is 0 Å². The van der Waals surface area contributed by atoms with Crippen molar-refractivity contribution in [1.82, 2.24) is 0 Å². The fraction of sp³-hybridized carbons (Fsp3) is 0.304. The summed E-state index contributed by atoms with van der Waals surface area (Å²) in [6, 6.07) is 9.42. The van der Waals surface area contributed by atoms with E-state index in [9.17, 15) is 10.2 Å². The zero-order valence-electron chi connectivity index (χ0n) is 15.4. The van der Waals surface area contributed by atoms with Gasteiger partial charge in [0, 0.05) is 23.0 Å². The molecule has 132 valence electrons. The maximum absolute atomic E-state index is 10.4. The maximum Gasteiger partial charge on any atom is 0.119 e. The van der Waals surface area contributed by atoms with E-state index in [0.29, 0.717) is 5.75 Å². The number of rotatable bonds is 7. The number of benzene rings is 2. The highest BCUT2D eigenvalue weighted by Gasteiger charge is 2.18. The zero-order chi connectivity index (χ0) is 18.6. The lowest BCUT2D eigenvalue weighted by molar-refractivity contribution is 0.465. The molecule has 0 amide bonds. The standard InChI is InChI=1S/C23H28O2/c1-6-9-19-18(11-13-22(25)23(19)16(5)8-3)17-10-12-21(24)20(14-17)15(4)7-2/h7-8,10-16,24-25H,2-3,6,9H2,1,4-5H3. The molecule has 2 nitrogen and oxygen atoms in total. The van der Waals surface area contributed by atoms with Gasteiger partial charge in [-0.15, -0.1) is 13.2 Å². The van der Waals surface area contributed by atoms with Crippen molar-refractivity contribution >= 4 is 0 Å². The predicted octanol–water partition coefficient (Wildman–Crippen LogP) is 6.30. The van der Waals surface area contributed by atoms with Crippen molar-refractivity contribution in [2.75, 3.05) is 0 Å². The van der Waals surface area contributed by atoms with Crippen LogP contribution in [0.5, 0.6) is 11.5 Å². The number of phenolic OH excluding ortho intramolecular Hbond substituents is 2. The van der Waals surface area contributed by atoms with Crippen LogP contribution in [0.15, 0.2) is 55.6 Å². The van der Waals surface area contributed by atoms with Gasteiger partial charge in [0.25, 0.3) is 0 Å². The molecular formula is C23H28O2. The van der Waals surface area contributed by atoms with Gasteiger partial charge in [-0.1, -0.05) is 51.5 Å². The molecule has 25 heavy (non-hydrogen) atoms. The van der Waals surface area contributed by atoms with Crippen molar-refractivity contribution < 1.29 is 10.2 Å². The van der Waals surface area contributed by atoms with Crippen LogP contribution < -0.4 is 0 Å². The van der Waals surface area contributed by atoms with Crippen molar-refractivity contribution in [3.63, 3.8) is 0 Å². The Morgan fingerprint density at radius 2 is 1.60 bits per heavy atom. The van der Waals surface area contributed by atoms with E-state index in [1.54, 1.807) is 12.1 Å². The molecule has 0 radical (unpaired) electrons. The second-order valence-electron chi connectivity index (χ2n) is 6.60. The predicted molar refractivity (Wildman–Crippen MR) is 106 cm³/mol. The summed E-state index contributed by atoms with van der Waals surface area (Å²) in [6.07, 6.45) is 5.56. The fourth-order valence-corrected chi connectivity index (χ4v) is 3.28. The normalized spacial score (nSPS) is 13.2. The van der Waals surface area contributed by atoms with E-state index >= 15 is 0 Å². The van der Waals surface area contributed by atoms with E-state index in [1.807, 2.05) is 44.2 Å². The summed E-state index contributed by atoms with van der Waals surface area (Å²) in [5.41, 5.74) is 5.10. The number of hydrogen-bond donors (Lipinski definition) is 2. The molecule has 0 heterocycles. The lowest BCUT2D eigenvalue weighted by Gasteiger charge is -2.20. The van der Waals surface area contributed by atoms with E-state index in [0.717, 1.165) is 40.7 Å². The Kier molecular flexibility index (Phi) is 6.08. The van der Waals surface area contributed by atoms with Crippen molar-refractivity contribution in [3.8, 4) is 22.6 Å². The molecule has 0 fully saturated rings. The van der Waals surface area contributed by atoms with Gasteiger partial charge < -0.3 is 10.2 Å². The van der Waals surface area contributed by atoms with Gasteiger partial charge >= 0.3 is 0 Å². The average molecular weight is 336 g/mol. The highest BCUT2D eigenvalue weighted by molar-refractivity contribution is 5.73. The van der Waals surface area contributed by atoms with Crippen LogP contribution in [0.1, 0.15) is 55.7 Å². The number of phenols is 2. The first-order valence-corrected chi connectivity index (χ1v) is 8.87. The van der Waals surface area contributed by atoms with Crippen LogP contribution in [-0.4, -0.2) is 10.2 Å². The van der Waals surface area contributed by atoms with E-state index < -0.39 is 0 Å². The summed E-state index contributed by atoms with van der Waals surface area (Å²) in [5, 5.41) is 20.6. The minimum Gasteiger partial charge on any atom is -0.508 e. The van der Waals surface area contributed by atoms with Crippen molar-refractivity contribution in [1.29, 1.82) is 0 Å². The van der Waals surface area contributed by atoms with Gasteiger partial charge in [0.2, 0.25) is 0 Å². The van der Waals surface area contributed by atoms with Crippen LogP contribution in [-0.2, 0) is 6.42 Å². The third-order valence-electron chi connectivity index (χ3n) is 4.83. The quantitative estimate of drug-likeness (QED) is 0.583. The van der Waals surface area contributed by atoms with E-state index in [1.165, 1.54) is 0 Å². The first-order valence-electron chi connectivity index (χ1n) is 8.87. The molecular weight excluding hydrogens is 308 g/mol. The average Bonchev–Trinajstić information content (AvgIpc) is 2.61. The summed E-state index contributed by atoms with van der Waals surface area (Å²) in [5.74, 6) is 0.744. The third kappa shape index (κ3) is 3.79. The molecule has 0 saturated carbocycles. The Bertz CT molecular complexity index is 774. The molecule has 0 bridgehead atoms. The van der Waals surface area contributed by atoms with E-state index in [2.05, 4.69) is 20.1 Å². The van der Waals surface area contributed by atoms with Crippen LogP contribution in [0.3, 0.4) is 0 Å². The Labute approximate surface area is 151 Å². The highest BCUT2D eigenvalue weighted by atomic mass is 16.3. The number of aromatic hydroxyl groups is 2. The van der Waals surface area contributed by atoms with Crippen molar-refractivity contribution in [2.24, 2.45) is 0 Å². The zero-order valence-corrected chi connectivity index (χ0v) is 15.4. The summed E-state index contributed by atoms with van der Waals surface area (Å²) in [6.45, 7) is 13.9. The molecule has 2 atom stereocenters. The van der Waals surface area contributed by atoms with Crippen molar-refractivity contribution in [3.05, 3.63) is 72.3 Å².